The monoisotopic (exact) mass is 1010 g/mol. The van der Waals surface area contributed by atoms with Crippen molar-refractivity contribution in [3.63, 3.8) is 0 Å². The molecule has 0 unspecified atom stereocenters. The number of likely N-dealkylation sites (N-methyl/N-ethyl adjacent to an activating group) is 1. The molecule has 398 valence electrons. The van der Waals surface area contributed by atoms with Gasteiger partial charge in [0.1, 0.15) is 29.0 Å². The molecule has 3 heterocycles. The van der Waals surface area contributed by atoms with Gasteiger partial charge in [-0.25, -0.2) is 0 Å². The van der Waals surface area contributed by atoms with Gasteiger partial charge in [0, 0.05) is 73.5 Å². The highest BCUT2D eigenvalue weighted by Gasteiger charge is 2.52. The standard InChI is InChI=1S/C60H79N5O9/c1-35(2)27-59(3,70)31-62-33-63-32-60(72-34-65-41-11-7-6-8-12-41)28-48-45-26-47-52(37-13-17-49-36(22-37)19-20-64-49)40(29-61-4)24-46-50(68)18-16-43(53(46)47)54(45)57-44(15-14-42(30-67)73-57)56(48)74-58(60)39-23-38(10-9-21-66)55(69)51(25-39)71-5/h13,16-19,22-25,35,41-42,47,52,58,61-63,65-70H,6-12,14-15,20-21,26-34H2,1-5H3/t42-,47-,52+,58-,59+,60+/m1/s1. The third-order valence-electron chi connectivity index (χ3n) is 16.6. The van der Waals surface area contributed by atoms with E-state index in [2.05, 4.69) is 71.5 Å². The minimum atomic E-state index is -1.07. The summed E-state index contributed by atoms with van der Waals surface area (Å²) in [6, 6.07) is 14.7. The lowest BCUT2D eigenvalue weighted by Gasteiger charge is -2.48. The highest BCUT2D eigenvalue weighted by molar-refractivity contribution is 5.89. The maximum absolute atomic E-state index is 11.8. The number of nitrogens with zero attached hydrogens (tertiary/aromatic N) is 1. The first kappa shape index (κ1) is 52.4. The van der Waals surface area contributed by atoms with Crippen LogP contribution in [-0.4, -0.2) is 116 Å². The van der Waals surface area contributed by atoms with Gasteiger partial charge >= 0.3 is 0 Å². The van der Waals surface area contributed by atoms with Crippen molar-refractivity contribution < 1.29 is 44.5 Å². The lowest BCUT2D eigenvalue weighted by molar-refractivity contribution is -0.132. The molecule has 0 aromatic heterocycles. The van der Waals surface area contributed by atoms with Crippen LogP contribution in [0.3, 0.4) is 0 Å². The Morgan fingerprint density at radius 1 is 0.946 bits per heavy atom. The zero-order valence-electron chi connectivity index (χ0n) is 44.1. The van der Waals surface area contributed by atoms with E-state index in [0.717, 1.165) is 73.7 Å². The van der Waals surface area contributed by atoms with E-state index in [-0.39, 0.29) is 43.3 Å². The minimum Gasteiger partial charge on any atom is -0.507 e. The zero-order chi connectivity index (χ0) is 51.7. The van der Waals surface area contributed by atoms with E-state index < -0.39 is 23.4 Å². The summed E-state index contributed by atoms with van der Waals surface area (Å²) in [6.45, 7) is 8.65. The van der Waals surface area contributed by atoms with Crippen molar-refractivity contribution >= 4 is 12.2 Å². The van der Waals surface area contributed by atoms with E-state index in [1.165, 1.54) is 30.4 Å². The first-order valence-corrected chi connectivity index (χ1v) is 27.4. The fourth-order valence-corrected chi connectivity index (χ4v) is 13.4. The van der Waals surface area contributed by atoms with Gasteiger partial charge < -0.3 is 60.4 Å². The number of aromatic hydroxyl groups is 2. The van der Waals surface area contributed by atoms with E-state index >= 15 is 0 Å². The van der Waals surface area contributed by atoms with Crippen molar-refractivity contribution in [2.75, 3.05) is 66.9 Å². The van der Waals surface area contributed by atoms with Crippen LogP contribution in [-0.2, 0) is 30.4 Å². The zero-order valence-corrected chi connectivity index (χ0v) is 44.1. The summed E-state index contributed by atoms with van der Waals surface area (Å²) in [5.41, 5.74) is 8.81. The molecule has 14 nitrogen and oxygen atoms in total. The predicted octanol–water partition coefficient (Wildman–Crippen LogP) is 6.08. The Morgan fingerprint density at radius 3 is 2.55 bits per heavy atom. The molecule has 1 saturated carbocycles. The largest absolute Gasteiger partial charge is 0.507 e. The van der Waals surface area contributed by atoms with Crippen LogP contribution in [0.15, 0.2) is 53.0 Å². The van der Waals surface area contributed by atoms with Crippen LogP contribution in [0.5, 0.6) is 28.7 Å². The molecule has 6 aliphatic rings. The number of nitrogens with one attached hydrogen (secondary N) is 4. The van der Waals surface area contributed by atoms with Gasteiger partial charge in [-0.3, -0.25) is 10.3 Å². The molecule has 1 fully saturated rings. The molecule has 4 aromatic rings. The molecule has 0 bridgehead atoms. The first-order chi connectivity index (χ1) is 35.8. The molecule has 0 saturated heterocycles. The second-order valence-corrected chi connectivity index (χ2v) is 22.5. The Hall–Kier alpha value is -5.03. The van der Waals surface area contributed by atoms with Gasteiger partial charge in [-0.1, -0.05) is 51.3 Å². The number of aliphatic hydroxyl groups excluding tert-OH is 2. The molecule has 10 rings (SSSR count). The molecular weight excluding hydrogens is 935 g/mol. The van der Waals surface area contributed by atoms with Gasteiger partial charge in [0.2, 0.25) is 0 Å². The van der Waals surface area contributed by atoms with Crippen molar-refractivity contribution in [1.82, 2.24) is 21.3 Å². The number of rotatable bonds is 21. The van der Waals surface area contributed by atoms with Crippen LogP contribution in [0.1, 0.15) is 135 Å². The SMILES string of the molecule is CNCC1=Cc2c(O)ccc3c2[C@H](Cc2c4c(c5c(c2-3)O[C@@H](CO)CC5)O[C@H](c2cc(CCCO)c(O)c(OC)c2)[C@](CNCNC[C@@](C)(O)CC(C)C)(OCNC2CCCCC2)C4)[C@H]1c1ccc2c(c1)=CCN=2. The number of aliphatic hydroxyl groups is 3. The number of methoxy groups -OCH3 is 1. The van der Waals surface area contributed by atoms with E-state index in [1.807, 2.05) is 32.2 Å². The maximum Gasteiger partial charge on any atom is 0.161 e. The van der Waals surface area contributed by atoms with Crippen LogP contribution in [0.25, 0.3) is 23.3 Å². The van der Waals surface area contributed by atoms with E-state index in [9.17, 15) is 25.5 Å². The van der Waals surface area contributed by atoms with Crippen LogP contribution in [0.4, 0.5) is 0 Å². The van der Waals surface area contributed by atoms with Crippen molar-refractivity contribution in [3.8, 4) is 39.9 Å². The van der Waals surface area contributed by atoms with E-state index in [1.54, 1.807) is 7.11 Å². The van der Waals surface area contributed by atoms with Gasteiger partial charge in [-0.2, -0.15) is 0 Å². The number of hydrogen-bond donors (Lipinski definition) is 9. The van der Waals surface area contributed by atoms with Crippen molar-refractivity contribution in [3.05, 3.63) is 103 Å². The Kier molecular flexibility index (Phi) is 15.8. The lowest BCUT2D eigenvalue weighted by Crippen LogP contribution is -2.56. The smallest absolute Gasteiger partial charge is 0.161 e. The van der Waals surface area contributed by atoms with Gasteiger partial charge in [0.15, 0.2) is 17.6 Å². The summed E-state index contributed by atoms with van der Waals surface area (Å²) in [5, 5.41) is 72.0. The van der Waals surface area contributed by atoms with Crippen LogP contribution in [0.2, 0.25) is 0 Å². The summed E-state index contributed by atoms with van der Waals surface area (Å²) >= 11 is 0. The van der Waals surface area contributed by atoms with Gasteiger partial charge in [0.25, 0.3) is 0 Å². The number of ether oxygens (including phenoxy) is 4. The number of hydrogen-bond acceptors (Lipinski definition) is 14. The summed E-state index contributed by atoms with van der Waals surface area (Å²) in [5.74, 6) is 2.25. The fraction of sp³-hybridized carbons (Fsp3) is 0.550. The van der Waals surface area contributed by atoms with Gasteiger partial charge in [0.05, 0.1) is 38.0 Å². The van der Waals surface area contributed by atoms with Crippen LogP contribution < -0.4 is 46.1 Å². The normalized spacial score (nSPS) is 23.4. The molecule has 74 heavy (non-hydrogen) atoms. The fourth-order valence-electron chi connectivity index (χ4n) is 13.4. The van der Waals surface area contributed by atoms with E-state index in [4.69, 9.17) is 23.9 Å². The molecule has 9 N–H and O–H groups in total. The molecular formula is C60H79N5O9. The quantitative estimate of drug-likeness (QED) is 0.0344. The van der Waals surface area contributed by atoms with Crippen LogP contribution >= 0.6 is 0 Å². The number of phenols is 2. The summed E-state index contributed by atoms with van der Waals surface area (Å²) < 4.78 is 28.1. The highest BCUT2D eigenvalue weighted by Crippen LogP contribution is 2.61. The van der Waals surface area contributed by atoms with Gasteiger partial charge in [-0.15, -0.1) is 0 Å². The number of benzene rings is 4. The molecule has 3 aliphatic carbocycles. The van der Waals surface area contributed by atoms with Gasteiger partial charge in [-0.05, 0) is 158 Å². The Bertz CT molecular complexity index is 2860. The highest BCUT2D eigenvalue weighted by atomic mass is 16.6. The van der Waals surface area contributed by atoms with Crippen molar-refractivity contribution in [2.24, 2.45) is 10.9 Å². The van der Waals surface area contributed by atoms with Crippen molar-refractivity contribution in [2.45, 2.75) is 139 Å². The Labute approximate surface area is 436 Å². The third-order valence-corrected chi connectivity index (χ3v) is 16.6. The number of phenolic OH excluding ortho intramolecular Hbond substituents is 2. The average molecular weight is 1010 g/mol. The molecule has 0 amide bonds. The molecule has 6 atom stereocenters. The van der Waals surface area contributed by atoms with Crippen LogP contribution in [0, 0.1) is 5.92 Å². The molecule has 0 spiro atoms. The average Bonchev–Trinajstić information content (AvgIpc) is 3.89. The first-order valence-electron chi connectivity index (χ1n) is 27.4. The maximum atomic E-state index is 11.8. The predicted molar refractivity (Wildman–Crippen MR) is 288 cm³/mol. The van der Waals surface area contributed by atoms with E-state index in [0.29, 0.717) is 107 Å². The molecule has 4 aromatic carbocycles. The minimum absolute atomic E-state index is 0.0329. The second-order valence-electron chi connectivity index (χ2n) is 22.5. The topological polar surface area (TPSA) is 199 Å². The van der Waals surface area contributed by atoms with Crippen molar-refractivity contribution in [1.29, 1.82) is 0 Å². The summed E-state index contributed by atoms with van der Waals surface area (Å²) in [7, 11) is 3.53. The molecule has 0 radical (unpaired) electrons. The second kappa shape index (κ2) is 22.3. The third kappa shape index (κ3) is 10.3. The number of fused-ring (bicyclic) bond motifs is 8. The Morgan fingerprint density at radius 2 is 1.78 bits per heavy atom. The Balaban J connectivity index is 1.16. The molecule has 14 heteroatoms. The summed E-state index contributed by atoms with van der Waals surface area (Å²) in [6.07, 6.45) is 12.7. The lowest BCUT2D eigenvalue weighted by atomic mass is 9.62. The number of aryl methyl sites for hydroxylation is 1. The summed E-state index contributed by atoms with van der Waals surface area (Å²) in [4.78, 5) is 4.73. The molecule has 3 aliphatic heterocycles.